The van der Waals surface area contributed by atoms with E-state index in [0.29, 0.717) is 17.4 Å². The van der Waals surface area contributed by atoms with E-state index in [2.05, 4.69) is 10.4 Å². The zero-order valence-corrected chi connectivity index (χ0v) is 14.3. The first-order chi connectivity index (χ1) is 12.2. The van der Waals surface area contributed by atoms with E-state index in [1.54, 1.807) is 37.6 Å². The Morgan fingerprint density at radius 3 is 2.72 bits per heavy atom. The van der Waals surface area contributed by atoms with E-state index in [0.717, 1.165) is 38.3 Å². The van der Waals surface area contributed by atoms with Gasteiger partial charge in [0.2, 0.25) is 0 Å². The van der Waals surface area contributed by atoms with Crippen molar-refractivity contribution in [2.75, 3.05) is 32.2 Å². The highest BCUT2D eigenvalue weighted by atomic mass is 16.5. The van der Waals surface area contributed by atoms with Crippen LogP contribution in [0.15, 0.2) is 36.7 Å². The molecule has 3 rings (SSSR count). The Kier molecular flexibility index (Phi) is 5.90. The molecule has 0 aliphatic carbocycles. The predicted molar refractivity (Wildman–Crippen MR) is 92.9 cm³/mol. The number of nitrogens with one attached hydrogen (secondary N) is 1. The summed E-state index contributed by atoms with van der Waals surface area (Å²) in [6, 6.07) is 7.09. The highest BCUT2D eigenvalue weighted by Gasteiger charge is 2.15. The lowest BCUT2D eigenvalue weighted by Gasteiger charge is -2.21. The standard InChI is InChI=1S/C18H23N3O4/c1-23-16-2-4-17(5-3-16)25-13-18(22)20-15-10-19-21(12-15)11-14-6-8-24-9-7-14/h2-5,10,12,14H,6-9,11,13H2,1H3,(H,20,22). The van der Waals surface area contributed by atoms with Crippen LogP contribution in [0.3, 0.4) is 0 Å². The summed E-state index contributed by atoms with van der Waals surface area (Å²) in [6.07, 6.45) is 5.61. The van der Waals surface area contributed by atoms with Gasteiger partial charge in [0, 0.05) is 26.0 Å². The Morgan fingerprint density at radius 1 is 1.28 bits per heavy atom. The Labute approximate surface area is 146 Å². The van der Waals surface area contributed by atoms with Crippen molar-refractivity contribution < 1.29 is 19.0 Å². The van der Waals surface area contributed by atoms with Gasteiger partial charge < -0.3 is 19.5 Å². The minimum atomic E-state index is -0.221. The topological polar surface area (TPSA) is 74.6 Å². The maximum Gasteiger partial charge on any atom is 0.262 e. The van der Waals surface area contributed by atoms with Crippen molar-refractivity contribution in [3.05, 3.63) is 36.7 Å². The van der Waals surface area contributed by atoms with Gasteiger partial charge in [-0.25, -0.2) is 0 Å². The third-order valence-corrected chi connectivity index (χ3v) is 4.13. The van der Waals surface area contributed by atoms with Crippen molar-refractivity contribution in [1.82, 2.24) is 9.78 Å². The average molecular weight is 345 g/mol. The Balaban J connectivity index is 1.44. The molecule has 0 bridgehead atoms. The molecule has 0 radical (unpaired) electrons. The van der Waals surface area contributed by atoms with Crippen LogP contribution < -0.4 is 14.8 Å². The second kappa shape index (κ2) is 8.53. The fourth-order valence-corrected chi connectivity index (χ4v) is 2.74. The second-order valence-electron chi connectivity index (χ2n) is 6.02. The molecule has 134 valence electrons. The first-order valence-corrected chi connectivity index (χ1v) is 8.40. The molecule has 1 aromatic heterocycles. The van der Waals surface area contributed by atoms with Crippen molar-refractivity contribution >= 4 is 11.6 Å². The first kappa shape index (κ1) is 17.3. The van der Waals surface area contributed by atoms with Crippen LogP contribution in [0.1, 0.15) is 12.8 Å². The number of carbonyl (C=O) groups excluding carboxylic acids is 1. The fraction of sp³-hybridized carbons (Fsp3) is 0.444. The fourth-order valence-electron chi connectivity index (χ4n) is 2.74. The van der Waals surface area contributed by atoms with Gasteiger partial charge in [0.1, 0.15) is 11.5 Å². The third kappa shape index (κ3) is 5.22. The largest absolute Gasteiger partial charge is 0.497 e. The van der Waals surface area contributed by atoms with E-state index in [-0.39, 0.29) is 12.5 Å². The molecule has 1 saturated heterocycles. The smallest absolute Gasteiger partial charge is 0.262 e. The molecule has 1 aliphatic heterocycles. The molecule has 1 aliphatic rings. The van der Waals surface area contributed by atoms with Gasteiger partial charge in [-0.1, -0.05) is 0 Å². The van der Waals surface area contributed by atoms with E-state index >= 15 is 0 Å². The third-order valence-electron chi connectivity index (χ3n) is 4.13. The highest BCUT2D eigenvalue weighted by Crippen LogP contribution is 2.18. The molecule has 2 aromatic rings. The molecule has 1 fully saturated rings. The van der Waals surface area contributed by atoms with Gasteiger partial charge in [0.15, 0.2) is 6.61 Å². The van der Waals surface area contributed by atoms with Gasteiger partial charge in [0.05, 0.1) is 19.0 Å². The average Bonchev–Trinajstić information content (AvgIpc) is 3.08. The molecule has 0 spiro atoms. The predicted octanol–water partition coefficient (Wildman–Crippen LogP) is 2.34. The second-order valence-corrected chi connectivity index (χ2v) is 6.02. The summed E-state index contributed by atoms with van der Waals surface area (Å²) < 4.78 is 17.8. The van der Waals surface area contributed by atoms with Crippen LogP contribution in [0.5, 0.6) is 11.5 Å². The number of hydrogen-bond donors (Lipinski definition) is 1. The summed E-state index contributed by atoms with van der Waals surface area (Å²) in [5, 5.41) is 7.10. The number of aromatic nitrogens is 2. The molecule has 1 N–H and O–H groups in total. The Bertz CT molecular complexity index is 678. The summed E-state index contributed by atoms with van der Waals surface area (Å²) in [5.41, 5.74) is 0.676. The van der Waals surface area contributed by atoms with Crippen LogP contribution in [0.25, 0.3) is 0 Å². The molecule has 7 nitrogen and oxygen atoms in total. The Hall–Kier alpha value is -2.54. The molecule has 0 atom stereocenters. The van der Waals surface area contributed by atoms with Gasteiger partial charge in [-0.3, -0.25) is 9.48 Å². The van der Waals surface area contributed by atoms with Crippen LogP contribution in [0.4, 0.5) is 5.69 Å². The minimum Gasteiger partial charge on any atom is -0.497 e. The van der Waals surface area contributed by atoms with Gasteiger partial charge in [-0.05, 0) is 43.0 Å². The maximum absolute atomic E-state index is 12.0. The van der Waals surface area contributed by atoms with Crippen LogP contribution in [0, 0.1) is 5.92 Å². The first-order valence-electron chi connectivity index (χ1n) is 8.40. The summed E-state index contributed by atoms with van der Waals surface area (Å²) >= 11 is 0. The number of benzene rings is 1. The molecule has 0 saturated carbocycles. The lowest BCUT2D eigenvalue weighted by Crippen LogP contribution is -2.21. The number of amides is 1. The SMILES string of the molecule is COc1ccc(OCC(=O)Nc2cnn(CC3CCOCC3)c2)cc1. The molecular weight excluding hydrogens is 322 g/mol. The number of rotatable bonds is 7. The summed E-state index contributed by atoms with van der Waals surface area (Å²) in [7, 11) is 1.60. The lowest BCUT2D eigenvalue weighted by molar-refractivity contribution is -0.118. The van der Waals surface area contributed by atoms with Crippen molar-refractivity contribution in [2.24, 2.45) is 5.92 Å². The number of anilines is 1. The van der Waals surface area contributed by atoms with E-state index < -0.39 is 0 Å². The quantitative estimate of drug-likeness (QED) is 0.834. The van der Waals surface area contributed by atoms with Crippen LogP contribution in [0.2, 0.25) is 0 Å². The molecule has 25 heavy (non-hydrogen) atoms. The number of hydrogen-bond acceptors (Lipinski definition) is 5. The van der Waals surface area contributed by atoms with Crippen molar-refractivity contribution in [3.8, 4) is 11.5 Å². The maximum atomic E-state index is 12.0. The number of nitrogens with zero attached hydrogens (tertiary/aromatic N) is 2. The number of ether oxygens (including phenoxy) is 3. The van der Waals surface area contributed by atoms with E-state index in [9.17, 15) is 4.79 Å². The van der Waals surface area contributed by atoms with E-state index in [1.165, 1.54) is 0 Å². The van der Waals surface area contributed by atoms with Crippen LogP contribution >= 0.6 is 0 Å². The molecule has 0 unspecified atom stereocenters. The molecule has 7 heteroatoms. The number of methoxy groups -OCH3 is 1. The molecule has 1 amide bonds. The highest BCUT2D eigenvalue weighted by molar-refractivity contribution is 5.91. The molecule has 1 aromatic carbocycles. The van der Waals surface area contributed by atoms with E-state index in [4.69, 9.17) is 14.2 Å². The van der Waals surface area contributed by atoms with Crippen LogP contribution in [-0.2, 0) is 16.1 Å². The minimum absolute atomic E-state index is 0.0581. The monoisotopic (exact) mass is 345 g/mol. The summed E-state index contributed by atoms with van der Waals surface area (Å²) in [5.74, 6) is 1.72. The van der Waals surface area contributed by atoms with Gasteiger partial charge in [-0.15, -0.1) is 0 Å². The zero-order chi connectivity index (χ0) is 17.5. The van der Waals surface area contributed by atoms with Crippen LogP contribution in [-0.4, -0.2) is 42.6 Å². The van der Waals surface area contributed by atoms with Crippen molar-refractivity contribution in [2.45, 2.75) is 19.4 Å². The van der Waals surface area contributed by atoms with Gasteiger partial charge in [0.25, 0.3) is 5.91 Å². The normalized spacial score (nSPS) is 14.9. The van der Waals surface area contributed by atoms with Crippen molar-refractivity contribution in [3.63, 3.8) is 0 Å². The van der Waals surface area contributed by atoms with Gasteiger partial charge >= 0.3 is 0 Å². The Morgan fingerprint density at radius 2 is 2.00 bits per heavy atom. The lowest BCUT2D eigenvalue weighted by atomic mass is 10.0. The zero-order valence-electron chi connectivity index (χ0n) is 14.3. The summed E-state index contributed by atoms with van der Waals surface area (Å²) in [4.78, 5) is 12.0. The van der Waals surface area contributed by atoms with Crippen molar-refractivity contribution in [1.29, 1.82) is 0 Å². The number of carbonyl (C=O) groups is 1. The van der Waals surface area contributed by atoms with Gasteiger partial charge in [-0.2, -0.15) is 5.10 Å². The van der Waals surface area contributed by atoms with E-state index in [1.807, 2.05) is 10.9 Å². The molecule has 2 heterocycles. The summed E-state index contributed by atoms with van der Waals surface area (Å²) in [6.45, 7) is 2.43. The molecular formula is C18H23N3O4.